The monoisotopic (exact) mass is 424 g/mol. The van der Waals surface area contributed by atoms with Gasteiger partial charge in [-0.3, -0.25) is 9.59 Å². The van der Waals surface area contributed by atoms with Crippen molar-refractivity contribution in [1.82, 2.24) is 5.01 Å². The molecule has 7 heteroatoms. The number of hydrogen-bond acceptors (Lipinski definition) is 6. The molecule has 2 unspecified atom stereocenters. The Bertz CT molecular complexity index is 924. The number of hydrazone groups is 1. The fraction of sp³-hybridized carbons (Fsp3) is 0.348. The summed E-state index contributed by atoms with van der Waals surface area (Å²) in [6, 6.07) is 17.2. The molecule has 0 aromatic heterocycles. The van der Waals surface area contributed by atoms with Gasteiger partial charge in [-0.25, -0.2) is 5.01 Å². The Morgan fingerprint density at radius 2 is 1.90 bits per heavy atom. The van der Waals surface area contributed by atoms with Crippen molar-refractivity contribution in [3.8, 4) is 5.75 Å². The van der Waals surface area contributed by atoms with Crippen LogP contribution in [0.15, 0.2) is 59.7 Å². The highest BCUT2D eigenvalue weighted by molar-refractivity contribution is 7.99. The molecular formula is C23H24N2O4S. The quantitative estimate of drug-likeness (QED) is 0.662. The van der Waals surface area contributed by atoms with Crippen LogP contribution in [-0.4, -0.2) is 47.8 Å². The molecule has 0 aliphatic carbocycles. The van der Waals surface area contributed by atoms with Gasteiger partial charge in [0.1, 0.15) is 5.75 Å². The first-order chi connectivity index (χ1) is 14.7. The zero-order chi connectivity index (χ0) is 20.9. The number of amides is 1. The van der Waals surface area contributed by atoms with Crippen molar-refractivity contribution in [2.24, 2.45) is 11.0 Å². The maximum atomic E-state index is 13.0. The first kappa shape index (κ1) is 20.5. The predicted molar refractivity (Wildman–Crippen MR) is 117 cm³/mol. The SMILES string of the molecule is COc1ccc(C2CC(c3ccccc3)=NN2C(=O)COC(=O)C2CCSC2)cc1. The molecule has 4 rings (SSSR count). The van der Waals surface area contributed by atoms with Crippen LogP contribution in [0.25, 0.3) is 0 Å². The molecule has 1 fully saturated rings. The summed E-state index contributed by atoms with van der Waals surface area (Å²) in [5, 5.41) is 6.07. The van der Waals surface area contributed by atoms with E-state index in [1.54, 1.807) is 18.9 Å². The van der Waals surface area contributed by atoms with Crippen molar-refractivity contribution in [1.29, 1.82) is 0 Å². The van der Waals surface area contributed by atoms with E-state index < -0.39 is 0 Å². The number of rotatable bonds is 6. The average Bonchev–Trinajstić information content (AvgIpc) is 3.48. The van der Waals surface area contributed by atoms with Gasteiger partial charge < -0.3 is 9.47 Å². The molecule has 0 N–H and O–H groups in total. The van der Waals surface area contributed by atoms with E-state index in [-0.39, 0.29) is 30.4 Å². The Balaban J connectivity index is 1.52. The highest BCUT2D eigenvalue weighted by Gasteiger charge is 2.34. The molecule has 0 bridgehead atoms. The van der Waals surface area contributed by atoms with Gasteiger partial charge in [0.2, 0.25) is 0 Å². The Morgan fingerprint density at radius 1 is 1.13 bits per heavy atom. The highest BCUT2D eigenvalue weighted by atomic mass is 32.2. The van der Waals surface area contributed by atoms with Crippen molar-refractivity contribution in [3.63, 3.8) is 0 Å². The van der Waals surface area contributed by atoms with E-state index in [2.05, 4.69) is 5.10 Å². The van der Waals surface area contributed by atoms with E-state index in [1.165, 1.54) is 5.01 Å². The summed E-state index contributed by atoms with van der Waals surface area (Å²) in [6.07, 6.45) is 1.40. The molecule has 2 aliphatic heterocycles. The van der Waals surface area contributed by atoms with Crippen LogP contribution in [0.2, 0.25) is 0 Å². The summed E-state index contributed by atoms with van der Waals surface area (Å²) in [4.78, 5) is 25.2. The van der Waals surface area contributed by atoms with Crippen molar-refractivity contribution in [2.75, 3.05) is 25.2 Å². The molecular weight excluding hydrogens is 400 g/mol. The lowest BCUT2D eigenvalue weighted by atomic mass is 9.98. The van der Waals surface area contributed by atoms with Crippen molar-refractivity contribution in [2.45, 2.75) is 18.9 Å². The Morgan fingerprint density at radius 3 is 2.57 bits per heavy atom. The van der Waals surface area contributed by atoms with Crippen LogP contribution >= 0.6 is 11.8 Å². The van der Waals surface area contributed by atoms with Crippen LogP contribution in [0.3, 0.4) is 0 Å². The van der Waals surface area contributed by atoms with Crippen LogP contribution in [0.4, 0.5) is 0 Å². The second-order valence-electron chi connectivity index (χ2n) is 7.31. The van der Waals surface area contributed by atoms with Gasteiger partial charge in [0.15, 0.2) is 6.61 Å². The minimum absolute atomic E-state index is 0.109. The predicted octanol–water partition coefficient (Wildman–Crippen LogP) is 3.67. The van der Waals surface area contributed by atoms with Gasteiger partial charge in [-0.1, -0.05) is 42.5 Å². The summed E-state index contributed by atoms with van der Waals surface area (Å²) < 4.78 is 10.6. The summed E-state index contributed by atoms with van der Waals surface area (Å²) >= 11 is 1.74. The molecule has 1 amide bonds. The molecule has 0 spiro atoms. The van der Waals surface area contributed by atoms with E-state index in [0.29, 0.717) is 6.42 Å². The number of nitrogens with zero attached hydrogens (tertiary/aromatic N) is 2. The summed E-state index contributed by atoms with van der Waals surface area (Å²) in [5.74, 6) is 1.76. The summed E-state index contributed by atoms with van der Waals surface area (Å²) in [7, 11) is 1.62. The molecule has 6 nitrogen and oxygen atoms in total. The molecule has 1 saturated heterocycles. The van der Waals surface area contributed by atoms with E-state index in [0.717, 1.165) is 40.5 Å². The lowest BCUT2D eigenvalue weighted by Crippen LogP contribution is -2.32. The van der Waals surface area contributed by atoms with E-state index in [1.807, 2.05) is 54.6 Å². The third-order valence-corrected chi connectivity index (χ3v) is 6.54. The molecule has 156 valence electrons. The smallest absolute Gasteiger partial charge is 0.310 e. The molecule has 2 aliphatic rings. The number of hydrogen-bond donors (Lipinski definition) is 0. The third kappa shape index (κ3) is 4.51. The number of thioether (sulfide) groups is 1. The van der Waals surface area contributed by atoms with Crippen LogP contribution in [0, 0.1) is 5.92 Å². The van der Waals surface area contributed by atoms with Gasteiger partial charge in [-0.15, -0.1) is 0 Å². The van der Waals surface area contributed by atoms with Gasteiger partial charge >= 0.3 is 5.97 Å². The fourth-order valence-corrected chi connectivity index (χ4v) is 4.87. The zero-order valence-corrected chi connectivity index (χ0v) is 17.6. The maximum absolute atomic E-state index is 13.0. The number of methoxy groups -OCH3 is 1. The van der Waals surface area contributed by atoms with Gasteiger partial charge in [-0.05, 0) is 35.4 Å². The second kappa shape index (κ2) is 9.34. The van der Waals surface area contributed by atoms with Crippen LogP contribution < -0.4 is 4.74 Å². The third-order valence-electron chi connectivity index (χ3n) is 5.37. The lowest BCUT2D eigenvalue weighted by molar-refractivity contribution is -0.155. The minimum atomic E-state index is -0.319. The van der Waals surface area contributed by atoms with Crippen LogP contribution in [-0.2, 0) is 14.3 Å². The van der Waals surface area contributed by atoms with Crippen LogP contribution in [0.1, 0.15) is 30.0 Å². The largest absolute Gasteiger partial charge is 0.497 e. The number of esters is 1. The molecule has 2 aromatic rings. The van der Waals surface area contributed by atoms with Gasteiger partial charge in [0, 0.05) is 12.2 Å². The number of carbonyl (C=O) groups excluding carboxylic acids is 2. The standard InChI is InChI=1S/C23H24N2O4S/c1-28-19-9-7-17(8-10-19)21-13-20(16-5-3-2-4-6-16)24-25(21)22(26)14-29-23(27)18-11-12-30-15-18/h2-10,18,21H,11-15H2,1H3. The Labute approximate surface area is 180 Å². The normalized spacial score (nSPS) is 20.7. The Kier molecular flexibility index (Phi) is 6.38. The molecule has 30 heavy (non-hydrogen) atoms. The fourth-order valence-electron chi connectivity index (χ4n) is 3.67. The van der Waals surface area contributed by atoms with Crippen molar-refractivity contribution in [3.05, 3.63) is 65.7 Å². The summed E-state index contributed by atoms with van der Waals surface area (Å²) in [6.45, 7) is -0.293. The zero-order valence-electron chi connectivity index (χ0n) is 16.8. The van der Waals surface area contributed by atoms with Crippen molar-refractivity contribution < 1.29 is 19.1 Å². The first-order valence-corrected chi connectivity index (χ1v) is 11.1. The van der Waals surface area contributed by atoms with Crippen LogP contribution in [0.5, 0.6) is 5.75 Å². The molecule has 0 radical (unpaired) electrons. The van der Waals surface area contributed by atoms with Gasteiger partial charge in [-0.2, -0.15) is 16.9 Å². The van der Waals surface area contributed by atoms with E-state index >= 15 is 0 Å². The highest BCUT2D eigenvalue weighted by Crippen LogP contribution is 2.33. The number of benzene rings is 2. The van der Waals surface area contributed by atoms with Gasteiger partial charge in [0.25, 0.3) is 5.91 Å². The molecule has 2 aromatic carbocycles. The Hall–Kier alpha value is -2.80. The number of ether oxygens (including phenoxy) is 2. The maximum Gasteiger partial charge on any atom is 0.310 e. The van der Waals surface area contributed by atoms with Crippen molar-refractivity contribution >= 4 is 29.4 Å². The van der Waals surface area contributed by atoms with Gasteiger partial charge in [0.05, 0.1) is 24.8 Å². The number of carbonyl (C=O) groups is 2. The minimum Gasteiger partial charge on any atom is -0.497 e. The lowest BCUT2D eigenvalue weighted by Gasteiger charge is -2.22. The molecule has 2 heterocycles. The van der Waals surface area contributed by atoms with E-state index in [9.17, 15) is 9.59 Å². The second-order valence-corrected chi connectivity index (χ2v) is 8.46. The first-order valence-electron chi connectivity index (χ1n) is 9.99. The molecule has 2 atom stereocenters. The topological polar surface area (TPSA) is 68.2 Å². The summed E-state index contributed by atoms with van der Waals surface area (Å²) in [5.41, 5.74) is 2.77. The van der Waals surface area contributed by atoms with E-state index in [4.69, 9.17) is 9.47 Å². The average molecular weight is 425 g/mol. The molecule has 0 saturated carbocycles.